The average molecular weight is 650 g/mol. The van der Waals surface area contributed by atoms with E-state index in [2.05, 4.69) is 166 Å². The largest absolute Gasteiger partial charge is 0.341 e. The predicted octanol–water partition coefficient (Wildman–Crippen LogP) is 10.3. The number of hydrogen-bond acceptors (Lipinski definition) is 0. The van der Waals surface area contributed by atoms with E-state index in [1.807, 2.05) is 0 Å². The lowest BCUT2D eigenvalue weighted by Gasteiger charge is -2.04. The molecule has 0 radical (unpaired) electrons. The Balaban J connectivity index is 0.00000120. The number of hydrogen-bond donors (Lipinski definition) is 0. The standard InChI is InChI=1S/C38H32N4.2CH4.2ClH/c1-3-41-35-11-7-5-9-31(35)33-15-13-29(25-37(33)41)39-21-17-27(18-22-39)28-19-23-40(24-20-28)30-14-16-34-32-10-6-8-12-36(32)42(4-2)38(34)26-30;;;;/h5-26H,3-4H2,1-2H3;2*1H4;2*1H/q+2;;;;. The van der Waals surface area contributed by atoms with Gasteiger partial charge in [-0.2, -0.15) is 9.13 Å². The first-order chi connectivity index (χ1) is 20.7. The Morgan fingerprint density at radius 1 is 0.435 bits per heavy atom. The number of rotatable bonds is 5. The summed E-state index contributed by atoms with van der Waals surface area (Å²) in [5, 5.41) is 5.24. The lowest BCUT2D eigenvalue weighted by atomic mass is 10.1. The van der Waals surface area contributed by atoms with Gasteiger partial charge in [-0.3, -0.25) is 0 Å². The molecule has 4 heterocycles. The van der Waals surface area contributed by atoms with Crippen LogP contribution in [0.5, 0.6) is 0 Å². The quantitative estimate of drug-likeness (QED) is 0.165. The van der Waals surface area contributed by atoms with Crippen LogP contribution in [-0.4, -0.2) is 9.13 Å². The zero-order valence-electron chi connectivity index (χ0n) is 24.7. The van der Waals surface area contributed by atoms with Gasteiger partial charge in [-0.15, -0.1) is 24.8 Å². The molecule has 4 nitrogen and oxygen atoms in total. The number of halogens is 2. The summed E-state index contributed by atoms with van der Waals surface area (Å²) in [6.45, 7) is 6.32. The molecule has 4 aromatic heterocycles. The second-order valence-electron chi connectivity index (χ2n) is 10.9. The minimum absolute atomic E-state index is 0. The van der Waals surface area contributed by atoms with Gasteiger partial charge in [-0.25, -0.2) is 0 Å². The Morgan fingerprint density at radius 2 is 0.783 bits per heavy atom. The fourth-order valence-corrected chi connectivity index (χ4v) is 6.66. The summed E-state index contributed by atoms with van der Waals surface area (Å²) in [6, 6.07) is 39.7. The van der Waals surface area contributed by atoms with Gasteiger partial charge in [0.25, 0.3) is 0 Å². The molecule has 0 bridgehead atoms. The second kappa shape index (κ2) is 13.8. The summed E-state index contributed by atoms with van der Waals surface area (Å²) in [5.74, 6) is 0. The summed E-state index contributed by atoms with van der Waals surface area (Å²) in [6.07, 6.45) is 8.64. The third-order valence-electron chi connectivity index (χ3n) is 8.74. The Labute approximate surface area is 284 Å². The Morgan fingerprint density at radius 3 is 1.15 bits per heavy atom. The molecule has 8 aromatic rings. The van der Waals surface area contributed by atoms with Gasteiger partial charge < -0.3 is 9.13 Å². The molecule has 0 amide bonds. The summed E-state index contributed by atoms with van der Waals surface area (Å²) >= 11 is 0. The van der Waals surface area contributed by atoms with Crippen LogP contribution in [0.2, 0.25) is 0 Å². The zero-order chi connectivity index (χ0) is 28.2. The summed E-state index contributed by atoms with van der Waals surface area (Å²) in [5.41, 5.74) is 9.86. The average Bonchev–Trinajstić information content (AvgIpc) is 3.56. The van der Waals surface area contributed by atoms with Crippen LogP contribution in [0.1, 0.15) is 28.7 Å². The molecule has 0 aliphatic heterocycles. The maximum absolute atomic E-state index is 2.40. The van der Waals surface area contributed by atoms with Crippen molar-refractivity contribution in [3.8, 4) is 22.5 Å². The molecule has 46 heavy (non-hydrogen) atoms. The number of aryl methyl sites for hydroxylation is 2. The van der Waals surface area contributed by atoms with E-state index in [1.54, 1.807) is 0 Å². The van der Waals surface area contributed by atoms with Crippen molar-refractivity contribution in [2.24, 2.45) is 0 Å². The molecule has 0 spiro atoms. The molecule has 6 heteroatoms. The van der Waals surface area contributed by atoms with Gasteiger partial charge in [0.05, 0.1) is 11.0 Å². The topological polar surface area (TPSA) is 17.6 Å². The monoisotopic (exact) mass is 648 g/mol. The first-order valence-corrected chi connectivity index (χ1v) is 14.8. The summed E-state index contributed by atoms with van der Waals surface area (Å²) in [7, 11) is 0. The Kier molecular flexibility index (Phi) is 10.3. The van der Waals surface area contributed by atoms with Crippen molar-refractivity contribution < 1.29 is 9.13 Å². The van der Waals surface area contributed by atoms with Gasteiger partial charge in [-0.05, 0) is 49.2 Å². The van der Waals surface area contributed by atoms with Gasteiger partial charge in [0.15, 0.2) is 24.8 Å². The van der Waals surface area contributed by atoms with Crippen molar-refractivity contribution >= 4 is 68.4 Å². The van der Waals surface area contributed by atoms with Crippen LogP contribution >= 0.6 is 24.8 Å². The number of benzene rings is 4. The Bertz CT molecular complexity index is 2100. The van der Waals surface area contributed by atoms with E-state index in [9.17, 15) is 0 Å². The first-order valence-electron chi connectivity index (χ1n) is 14.8. The van der Waals surface area contributed by atoms with Crippen molar-refractivity contribution in [2.45, 2.75) is 41.8 Å². The molecule has 0 aliphatic rings. The number of para-hydroxylation sites is 2. The van der Waals surface area contributed by atoms with Crippen molar-refractivity contribution in [1.82, 2.24) is 9.13 Å². The molecule has 8 rings (SSSR count). The lowest BCUT2D eigenvalue weighted by molar-refractivity contribution is -0.596. The highest BCUT2D eigenvalue weighted by Crippen LogP contribution is 2.31. The molecular weight excluding hydrogens is 607 g/mol. The van der Waals surface area contributed by atoms with Crippen LogP contribution in [0.15, 0.2) is 134 Å². The van der Waals surface area contributed by atoms with Crippen LogP contribution in [0.25, 0.3) is 66.1 Å². The highest BCUT2D eigenvalue weighted by atomic mass is 35.5. The lowest BCUT2D eigenvalue weighted by Crippen LogP contribution is -2.29. The van der Waals surface area contributed by atoms with E-state index in [0.29, 0.717) is 0 Å². The molecule has 0 unspecified atom stereocenters. The third-order valence-corrected chi connectivity index (χ3v) is 8.74. The maximum Gasteiger partial charge on any atom is 0.212 e. The van der Waals surface area contributed by atoms with E-state index in [0.717, 1.165) is 24.5 Å². The van der Waals surface area contributed by atoms with E-state index in [1.165, 1.54) is 54.7 Å². The maximum atomic E-state index is 2.40. The van der Waals surface area contributed by atoms with Crippen molar-refractivity contribution in [1.29, 1.82) is 0 Å². The van der Waals surface area contributed by atoms with Crippen LogP contribution in [0, 0.1) is 0 Å². The molecule has 234 valence electrons. The van der Waals surface area contributed by atoms with E-state index >= 15 is 0 Å². The van der Waals surface area contributed by atoms with Gasteiger partial charge in [0, 0.05) is 94.2 Å². The fourth-order valence-electron chi connectivity index (χ4n) is 6.66. The van der Waals surface area contributed by atoms with Gasteiger partial charge in [-0.1, -0.05) is 51.3 Å². The van der Waals surface area contributed by atoms with Gasteiger partial charge in [0.2, 0.25) is 11.4 Å². The number of fused-ring (bicyclic) bond motifs is 6. The third kappa shape index (κ3) is 5.42. The predicted molar refractivity (Wildman–Crippen MR) is 200 cm³/mol. The number of pyridine rings is 2. The van der Waals surface area contributed by atoms with Crippen LogP contribution in [0.3, 0.4) is 0 Å². The number of nitrogens with zero attached hydrogens (tertiary/aromatic N) is 4. The Hall–Kier alpha value is -4.64. The van der Waals surface area contributed by atoms with Crippen LogP contribution in [0.4, 0.5) is 0 Å². The number of aromatic nitrogens is 4. The zero-order valence-corrected chi connectivity index (χ0v) is 26.4. The van der Waals surface area contributed by atoms with Crippen molar-refractivity contribution in [3.05, 3.63) is 134 Å². The van der Waals surface area contributed by atoms with Crippen LogP contribution < -0.4 is 9.13 Å². The minimum atomic E-state index is 0. The van der Waals surface area contributed by atoms with Crippen molar-refractivity contribution in [3.63, 3.8) is 0 Å². The minimum Gasteiger partial charge on any atom is -0.341 e. The summed E-state index contributed by atoms with van der Waals surface area (Å²) in [4.78, 5) is 0. The summed E-state index contributed by atoms with van der Waals surface area (Å²) < 4.78 is 9.21. The SMILES string of the molecule is C.C.CCn1c2ccccc2c2ccc(-[n+]3ccc(-c4cc[n+](-c5ccc6c7ccccc7n(CC)c6c5)cc4)cc3)cc21.Cl.Cl. The van der Waals surface area contributed by atoms with Crippen LogP contribution in [-0.2, 0) is 13.1 Å². The normalized spacial score (nSPS) is 10.7. The molecule has 0 saturated heterocycles. The van der Waals surface area contributed by atoms with Crippen molar-refractivity contribution in [2.75, 3.05) is 0 Å². The second-order valence-corrected chi connectivity index (χ2v) is 10.9. The highest BCUT2D eigenvalue weighted by Gasteiger charge is 2.16. The molecule has 0 N–H and O–H groups in total. The molecule has 0 saturated carbocycles. The molecule has 0 atom stereocenters. The van der Waals surface area contributed by atoms with Gasteiger partial charge >= 0.3 is 0 Å². The molecular formula is C40H42Cl2N4+2. The first kappa shape index (κ1) is 34.2. The van der Waals surface area contributed by atoms with E-state index in [4.69, 9.17) is 0 Å². The van der Waals surface area contributed by atoms with E-state index < -0.39 is 0 Å². The van der Waals surface area contributed by atoms with E-state index in [-0.39, 0.29) is 39.7 Å². The molecule has 0 fully saturated rings. The smallest absolute Gasteiger partial charge is 0.212 e. The fraction of sp³-hybridized carbons (Fsp3) is 0.150. The van der Waals surface area contributed by atoms with Gasteiger partial charge in [0.1, 0.15) is 0 Å². The molecule has 4 aromatic carbocycles. The molecule has 0 aliphatic carbocycles. The highest BCUT2D eigenvalue weighted by molar-refractivity contribution is 6.09.